The summed E-state index contributed by atoms with van der Waals surface area (Å²) in [5.41, 5.74) is 1.28. The van der Waals surface area contributed by atoms with E-state index in [9.17, 15) is 5.11 Å². The maximum atomic E-state index is 9.43. The van der Waals surface area contributed by atoms with Crippen LogP contribution in [0.25, 0.3) is 0 Å². The van der Waals surface area contributed by atoms with Crippen LogP contribution in [0.4, 0.5) is 0 Å². The van der Waals surface area contributed by atoms with Crippen LogP contribution in [0.15, 0.2) is 22.8 Å². The van der Waals surface area contributed by atoms with Gasteiger partial charge in [0, 0.05) is 11.4 Å². The molecule has 0 bridgehead atoms. The summed E-state index contributed by atoms with van der Waals surface area (Å²) in [6, 6.07) is 3.55. The highest BCUT2D eigenvalue weighted by Gasteiger charge is 2.20. The summed E-state index contributed by atoms with van der Waals surface area (Å²) in [6.45, 7) is 3.01. The molecule has 2 atom stereocenters. The lowest BCUT2D eigenvalue weighted by atomic mass is 9.93. The molecule has 2 heterocycles. The van der Waals surface area contributed by atoms with Crippen molar-refractivity contribution in [3.05, 3.63) is 39.7 Å². The van der Waals surface area contributed by atoms with Crippen LogP contribution in [0.5, 0.6) is 0 Å². The van der Waals surface area contributed by atoms with E-state index in [1.165, 1.54) is 17.0 Å². The van der Waals surface area contributed by atoms with Crippen molar-refractivity contribution in [3.8, 4) is 0 Å². The molecular formula is C15H20N2O2S. The largest absolute Gasteiger partial charge is 0.468 e. The number of nitrogens with zero attached hydrogens (tertiary/aromatic N) is 1. The molecule has 1 aliphatic carbocycles. The lowest BCUT2D eigenvalue weighted by Gasteiger charge is -2.15. The normalized spacial score (nSPS) is 19.8. The van der Waals surface area contributed by atoms with Crippen LogP contribution in [0, 0.1) is 5.92 Å². The van der Waals surface area contributed by atoms with Crippen molar-refractivity contribution in [1.29, 1.82) is 0 Å². The lowest BCUT2D eigenvalue weighted by Crippen LogP contribution is -2.23. The third kappa shape index (κ3) is 2.95. The molecule has 5 heteroatoms. The SMILES string of the molecule is CC1CCc2nc(CNC(CO)c3ccco3)sc2C1. The first-order valence-electron chi connectivity index (χ1n) is 7.11. The average Bonchev–Trinajstić information content (AvgIpc) is 3.08. The van der Waals surface area contributed by atoms with E-state index in [1.54, 1.807) is 17.6 Å². The predicted octanol–water partition coefficient (Wildman–Crippen LogP) is 2.68. The van der Waals surface area contributed by atoms with Gasteiger partial charge in [-0.25, -0.2) is 4.98 Å². The van der Waals surface area contributed by atoms with E-state index in [2.05, 4.69) is 12.2 Å². The number of aromatic nitrogens is 1. The van der Waals surface area contributed by atoms with Crippen molar-refractivity contribution in [2.75, 3.05) is 6.61 Å². The summed E-state index contributed by atoms with van der Waals surface area (Å²) < 4.78 is 5.33. The van der Waals surface area contributed by atoms with E-state index in [-0.39, 0.29) is 12.6 Å². The molecule has 4 nitrogen and oxygen atoms in total. The summed E-state index contributed by atoms with van der Waals surface area (Å²) in [4.78, 5) is 6.16. The molecule has 2 N–H and O–H groups in total. The molecule has 108 valence electrons. The zero-order valence-electron chi connectivity index (χ0n) is 11.6. The van der Waals surface area contributed by atoms with Gasteiger partial charge in [0.15, 0.2) is 0 Å². The molecule has 2 aromatic heterocycles. The second-order valence-corrected chi connectivity index (χ2v) is 6.63. The summed E-state index contributed by atoms with van der Waals surface area (Å²) in [5, 5.41) is 13.9. The molecule has 20 heavy (non-hydrogen) atoms. The Kier molecular flexibility index (Phi) is 4.19. The molecule has 0 saturated carbocycles. The summed E-state index contributed by atoms with van der Waals surface area (Å²) in [7, 11) is 0. The number of thiazole rings is 1. The molecule has 3 rings (SSSR count). The number of aliphatic hydroxyl groups excluding tert-OH is 1. The number of hydrogen-bond acceptors (Lipinski definition) is 5. The first kappa shape index (κ1) is 13.8. The highest BCUT2D eigenvalue weighted by atomic mass is 32.1. The van der Waals surface area contributed by atoms with E-state index in [0.717, 1.165) is 29.5 Å². The lowest BCUT2D eigenvalue weighted by molar-refractivity contribution is 0.225. The van der Waals surface area contributed by atoms with Gasteiger partial charge >= 0.3 is 0 Å². The monoisotopic (exact) mass is 292 g/mol. The van der Waals surface area contributed by atoms with Crippen LogP contribution in [-0.2, 0) is 19.4 Å². The van der Waals surface area contributed by atoms with Crippen molar-refractivity contribution in [2.45, 2.75) is 38.8 Å². The molecule has 2 unspecified atom stereocenters. The Morgan fingerprint density at radius 2 is 2.50 bits per heavy atom. The van der Waals surface area contributed by atoms with E-state index in [0.29, 0.717) is 6.54 Å². The van der Waals surface area contributed by atoms with Crippen LogP contribution in [0.3, 0.4) is 0 Å². The standard InChI is InChI=1S/C15H20N2O2S/c1-10-4-5-11-14(7-10)20-15(17-11)8-16-12(9-18)13-3-2-6-19-13/h2-3,6,10,12,16,18H,4-5,7-9H2,1H3. The summed E-state index contributed by atoms with van der Waals surface area (Å²) in [5.74, 6) is 1.54. The Morgan fingerprint density at radius 3 is 3.25 bits per heavy atom. The smallest absolute Gasteiger partial charge is 0.123 e. The molecule has 0 aliphatic heterocycles. The Balaban J connectivity index is 1.63. The van der Waals surface area contributed by atoms with Crippen molar-refractivity contribution < 1.29 is 9.52 Å². The van der Waals surface area contributed by atoms with Gasteiger partial charge in [-0.05, 0) is 37.3 Å². The van der Waals surface area contributed by atoms with E-state index < -0.39 is 0 Å². The Bertz CT molecular complexity index is 550. The minimum atomic E-state index is -0.162. The van der Waals surface area contributed by atoms with E-state index in [1.807, 2.05) is 12.1 Å². The summed E-state index contributed by atoms with van der Waals surface area (Å²) >= 11 is 1.80. The van der Waals surface area contributed by atoms with Gasteiger partial charge in [-0.15, -0.1) is 11.3 Å². The van der Waals surface area contributed by atoms with E-state index >= 15 is 0 Å². The number of nitrogens with one attached hydrogen (secondary N) is 1. The predicted molar refractivity (Wildman–Crippen MR) is 78.7 cm³/mol. The molecular weight excluding hydrogens is 272 g/mol. The van der Waals surface area contributed by atoms with Crippen molar-refractivity contribution in [1.82, 2.24) is 10.3 Å². The minimum absolute atomic E-state index is 0.0234. The second kappa shape index (κ2) is 6.08. The van der Waals surface area contributed by atoms with Gasteiger partial charge in [-0.1, -0.05) is 6.92 Å². The Labute approximate surface area is 122 Å². The zero-order valence-corrected chi connectivity index (χ0v) is 12.4. The molecule has 0 saturated heterocycles. The third-order valence-electron chi connectivity index (χ3n) is 3.80. The zero-order chi connectivity index (χ0) is 13.9. The van der Waals surface area contributed by atoms with Crippen LogP contribution < -0.4 is 5.32 Å². The fourth-order valence-electron chi connectivity index (χ4n) is 2.62. The molecule has 0 spiro atoms. The topological polar surface area (TPSA) is 58.3 Å². The summed E-state index contributed by atoms with van der Waals surface area (Å²) in [6.07, 6.45) is 5.14. The van der Waals surface area contributed by atoms with Gasteiger partial charge in [-0.2, -0.15) is 0 Å². The molecule has 0 amide bonds. The first-order valence-corrected chi connectivity index (χ1v) is 7.93. The highest BCUT2D eigenvalue weighted by molar-refractivity contribution is 7.11. The maximum absolute atomic E-state index is 9.43. The number of hydrogen-bond donors (Lipinski definition) is 2. The van der Waals surface area contributed by atoms with Gasteiger partial charge in [0.2, 0.25) is 0 Å². The van der Waals surface area contributed by atoms with Gasteiger partial charge in [0.05, 0.1) is 24.6 Å². The van der Waals surface area contributed by atoms with Gasteiger partial charge < -0.3 is 9.52 Å². The number of aliphatic hydroxyl groups is 1. The first-order chi connectivity index (χ1) is 9.76. The van der Waals surface area contributed by atoms with Crippen molar-refractivity contribution in [3.63, 3.8) is 0 Å². The maximum Gasteiger partial charge on any atom is 0.123 e. The quantitative estimate of drug-likeness (QED) is 0.889. The number of furan rings is 1. The fourth-order valence-corrected chi connectivity index (χ4v) is 3.85. The molecule has 0 aromatic carbocycles. The van der Waals surface area contributed by atoms with E-state index in [4.69, 9.17) is 9.40 Å². The number of rotatable bonds is 5. The fraction of sp³-hybridized carbons (Fsp3) is 0.533. The van der Waals surface area contributed by atoms with Gasteiger partial charge in [-0.3, -0.25) is 5.32 Å². The second-order valence-electron chi connectivity index (χ2n) is 5.46. The molecule has 1 aliphatic rings. The van der Waals surface area contributed by atoms with Crippen LogP contribution in [0.1, 0.15) is 40.7 Å². The minimum Gasteiger partial charge on any atom is -0.468 e. The van der Waals surface area contributed by atoms with Crippen molar-refractivity contribution in [2.24, 2.45) is 5.92 Å². The van der Waals surface area contributed by atoms with Crippen LogP contribution in [-0.4, -0.2) is 16.7 Å². The third-order valence-corrected chi connectivity index (χ3v) is 4.92. The molecule has 2 aromatic rings. The van der Waals surface area contributed by atoms with Crippen LogP contribution >= 0.6 is 11.3 Å². The number of aryl methyl sites for hydroxylation is 1. The average molecular weight is 292 g/mol. The molecule has 0 fully saturated rings. The highest BCUT2D eigenvalue weighted by Crippen LogP contribution is 2.29. The van der Waals surface area contributed by atoms with Crippen LogP contribution in [0.2, 0.25) is 0 Å². The van der Waals surface area contributed by atoms with Crippen molar-refractivity contribution >= 4 is 11.3 Å². The van der Waals surface area contributed by atoms with Gasteiger partial charge in [0.1, 0.15) is 10.8 Å². The Morgan fingerprint density at radius 1 is 1.60 bits per heavy atom. The molecule has 0 radical (unpaired) electrons. The Hall–Kier alpha value is -1.17. The van der Waals surface area contributed by atoms with Gasteiger partial charge in [0.25, 0.3) is 0 Å². The number of fused-ring (bicyclic) bond motifs is 1.